The van der Waals surface area contributed by atoms with Crippen LogP contribution in [-0.2, 0) is 13.1 Å². The fourth-order valence-corrected chi connectivity index (χ4v) is 2.38. The Hall–Kier alpha value is -2.47. The first-order valence-corrected chi connectivity index (χ1v) is 8.66. The number of nitrogens with one attached hydrogen (secondary N) is 2. The fraction of sp³-hybridized carbons (Fsp3) is 0.286. The predicted molar refractivity (Wildman–Crippen MR) is 121 cm³/mol. The summed E-state index contributed by atoms with van der Waals surface area (Å²) in [7, 11) is 1.58. The van der Waals surface area contributed by atoms with E-state index in [0.29, 0.717) is 42.7 Å². The van der Waals surface area contributed by atoms with Gasteiger partial charge < -0.3 is 20.1 Å². The number of nitrogens with zero attached hydrogens (tertiary/aromatic N) is 1. The number of halogens is 2. The zero-order valence-electron chi connectivity index (χ0n) is 16.0. The van der Waals surface area contributed by atoms with Crippen molar-refractivity contribution in [2.45, 2.75) is 20.0 Å². The zero-order chi connectivity index (χ0) is 19.5. The molecule has 2 aromatic carbocycles. The summed E-state index contributed by atoms with van der Waals surface area (Å²) in [6.07, 6.45) is 5.25. The normalized spacial score (nSPS) is 10.4. The molecule has 0 aromatic heterocycles. The summed E-state index contributed by atoms with van der Waals surface area (Å²) in [5, 5.41) is 6.28. The van der Waals surface area contributed by atoms with E-state index in [1.54, 1.807) is 25.3 Å². The van der Waals surface area contributed by atoms with Crippen molar-refractivity contribution in [2.24, 2.45) is 4.99 Å². The maximum Gasteiger partial charge on any atom is 0.191 e. The number of benzene rings is 2. The average Bonchev–Trinajstić information content (AvgIpc) is 2.69. The highest BCUT2D eigenvalue weighted by atomic mass is 127. The van der Waals surface area contributed by atoms with Crippen LogP contribution >= 0.6 is 24.0 Å². The Morgan fingerprint density at radius 2 is 1.96 bits per heavy atom. The Balaban J connectivity index is 0.00000392. The van der Waals surface area contributed by atoms with E-state index < -0.39 is 0 Å². The van der Waals surface area contributed by atoms with Gasteiger partial charge in [0.25, 0.3) is 0 Å². The zero-order valence-corrected chi connectivity index (χ0v) is 18.3. The lowest BCUT2D eigenvalue weighted by molar-refractivity contribution is 0.330. The van der Waals surface area contributed by atoms with Crippen LogP contribution in [0.1, 0.15) is 18.1 Å². The first kappa shape index (κ1) is 23.6. The van der Waals surface area contributed by atoms with Gasteiger partial charge in [-0.05, 0) is 30.7 Å². The van der Waals surface area contributed by atoms with Crippen LogP contribution in [0.3, 0.4) is 0 Å². The Morgan fingerprint density at radius 3 is 2.64 bits per heavy atom. The maximum atomic E-state index is 13.8. The second-order valence-electron chi connectivity index (χ2n) is 5.62. The van der Waals surface area contributed by atoms with E-state index in [1.807, 2.05) is 25.1 Å². The van der Waals surface area contributed by atoms with Gasteiger partial charge in [-0.1, -0.05) is 30.2 Å². The summed E-state index contributed by atoms with van der Waals surface area (Å²) in [6.45, 7) is 3.60. The first-order chi connectivity index (χ1) is 13.2. The lowest BCUT2D eigenvalue weighted by Gasteiger charge is -2.13. The molecule has 0 radical (unpaired) electrons. The molecule has 0 unspecified atom stereocenters. The van der Waals surface area contributed by atoms with E-state index in [-0.39, 0.29) is 36.4 Å². The van der Waals surface area contributed by atoms with E-state index in [9.17, 15) is 4.39 Å². The topological polar surface area (TPSA) is 54.9 Å². The van der Waals surface area contributed by atoms with Crippen LogP contribution in [0, 0.1) is 18.2 Å². The number of aliphatic imine (C=N–C) groups is 1. The molecule has 0 aliphatic heterocycles. The molecule has 0 saturated heterocycles. The van der Waals surface area contributed by atoms with Crippen molar-refractivity contribution in [1.29, 1.82) is 0 Å². The Bertz CT molecular complexity index is 822. The van der Waals surface area contributed by atoms with E-state index in [4.69, 9.17) is 15.9 Å². The molecular formula is C21H25FIN3O2. The summed E-state index contributed by atoms with van der Waals surface area (Å²) in [4.78, 5) is 4.54. The summed E-state index contributed by atoms with van der Waals surface area (Å²) >= 11 is 0. The molecule has 0 spiro atoms. The molecule has 0 amide bonds. The molecule has 28 heavy (non-hydrogen) atoms. The van der Waals surface area contributed by atoms with Crippen molar-refractivity contribution in [3.8, 4) is 23.8 Å². The SMILES string of the molecule is C#CCOc1cc(CN=C(NCC)NCc2ccccc2F)ccc1OC.I. The third kappa shape index (κ3) is 7.27. The van der Waals surface area contributed by atoms with Crippen molar-refractivity contribution < 1.29 is 13.9 Å². The molecular weight excluding hydrogens is 472 g/mol. The van der Waals surface area contributed by atoms with E-state index in [1.165, 1.54) is 6.07 Å². The standard InChI is InChI=1S/C21H24FN3O2.HI/c1-4-12-27-20-13-16(10-11-19(20)26-3)14-24-21(23-5-2)25-15-17-8-6-7-9-18(17)22;/h1,6-11,13H,5,12,14-15H2,2-3H3,(H2,23,24,25);1H. The number of hydrogen-bond donors (Lipinski definition) is 2. The number of methoxy groups -OCH3 is 1. The quantitative estimate of drug-likeness (QED) is 0.253. The number of rotatable bonds is 8. The lowest BCUT2D eigenvalue weighted by Crippen LogP contribution is -2.37. The van der Waals surface area contributed by atoms with Gasteiger partial charge in [0.05, 0.1) is 13.7 Å². The minimum atomic E-state index is -0.244. The number of ether oxygens (including phenoxy) is 2. The molecule has 0 aliphatic rings. The minimum absolute atomic E-state index is 0. The van der Waals surface area contributed by atoms with Crippen LogP contribution in [0.4, 0.5) is 4.39 Å². The lowest BCUT2D eigenvalue weighted by atomic mass is 10.2. The van der Waals surface area contributed by atoms with Crippen molar-refractivity contribution in [2.75, 3.05) is 20.3 Å². The van der Waals surface area contributed by atoms with Crippen molar-refractivity contribution in [3.05, 3.63) is 59.4 Å². The Labute approximate surface area is 182 Å². The summed E-state index contributed by atoms with van der Waals surface area (Å²) in [5.74, 6) is 3.98. The highest BCUT2D eigenvalue weighted by Gasteiger charge is 2.06. The number of guanidine groups is 1. The smallest absolute Gasteiger partial charge is 0.191 e. The highest BCUT2D eigenvalue weighted by molar-refractivity contribution is 14.0. The van der Waals surface area contributed by atoms with Gasteiger partial charge in [0.2, 0.25) is 0 Å². The van der Waals surface area contributed by atoms with Crippen LogP contribution < -0.4 is 20.1 Å². The second-order valence-corrected chi connectivity index (χ2v) is 5.62. The largest absolute Gasteiger partial charge is 0.493 e. The maximum absolute atomic E-state index is 13.8. The van der Waals surface area contributed by atoms with E-state index in [0.717, 1.165) is 5.56 Å². The molecule has 2 aromatic rings. The minimum Gasteiger partial charge on any atom is -0.493 e. The third-order valence-electron chi connectivity index (χ3n) is 3.71. The molecule has 0 saturated carbocycles. The first-order valence-electron chi connectivity index (χ1n) is 8.66. The summed E-state index contributed by atoms with van der Waals surface area (Å²) < 4.78 is 24.5. The van der Waals surface area contributed by atoms with Crippen LogP contribution in [0.15, 0.2) is 47.5 Å². The molecule has 0 heterocycles. The van der Waals surface area contributed by atoms with Crippen LogP contribution in [-0.4, -0.2) is 26.2 Å². The molecule has 0 aliphatic carbocycles. The predicted octanol–water partition coefficient (Wildman–Crippen LogP) is 3.72. The molecule has 0 atom stereocenters. The van der Waals surface area contributed by atoms with Crippen LogP contribution in [0.5, 0.6) is 11.5 Å². The summed E-state index contributed by atoms with van der Waals surface area (Å²) in [6, 6.07) is 12.2. The molecule has 5 nitrogen and oxygen atoms in total. The van der Waals surface area contributed by atoms with Gasteiger partial charge in [0.1, 0.15) is 12.4 Å². The van der Waals surface area contributed by atoms with E-state index >= 15 is 0 Å². The van der Waals surface area contributed by atoms with Gasteiger partial charge in [-0.2, -0.15) is 0 Å². The molecule has 2 N–H and O–H groups in total. The molecule has 7 heteroatoms. The van der Waals surface area contributed by atoms with Crippen molar-refractivity contribution in [3.63, 3.8) is 0 Å². The van der Waals surface area contributed by atoms with E-state index in [2.05, 4.69) is 21.5 Å². The van der Waals surface area contributed by atoms with Crippen LogP contribution in [0.2, 0.25) is 0 Å². The Kier molecular flexibility index (Phi) is 10.8. The molecule has 2 rings (SSSR count). The summed E-state index contributed by atoms with van der Waals surface area (Å²) in [5.41, 5.74) is 1.52. The highest BCUT2D eigenvalue weighted by Crippen LogP contribution is 2.28. The van der Waals surface area contributed by atoms with Gasteiger partial charge in [-0.25, -0.2) is 9.38 Å². The monoisotopic (exact) mass is 497 g/mol. The number of hydrogen-bond acceptors (Lipinski definition) is 3. The van der Waals surface area contributed by atoms with Crippen molar-refractivity contribution in [1.82, 2.24) is 10.6 Å². The fourth-order valence-electron chi connectivity index (χ4n) is 2.38. The van der Waals surface area contributed by atoms with Crippen molar-refractivity contribution >= 4 is 29.9 Å². The van der Waals surface area contributed by atoms with Gasteiger partial charge in [0, 0.05) is 18.7 Å². The van der Waals surface area contributed by atoms with Gasteiger partial charge in [0.15, 0.2) is 17.5 Å². The van der Waals surface area contributed by atoms with Gasteiger partial charge in [-0.3, -0.25) is 0 Å². The van der Waals surface area contributed by atoms with Crippen LogP contribution in [0.25, 0.3) is 0 Å². The molecule has 0 bridgehead atoms. The molecule has 0 fully saturated rings. The van der Waals surface area contributed by atoms with Gasteiger partial charge >= 0.3 is 0 Å². The third-order valence-corrected chi connectivity index (χ3v) is 3.71. The Morgan fingerprint density at radius 1 is 1.18 bits per heavy atom. The average molecular weight is 497 g/mol. The second kappa shape index (κ2) is 12.8. The number of terminal acetylenes is 1. The molecule has 150 valence electrons. The van der Waals surface area contributed by atoms with Gasteiger partial charge in [-0.15, -0.1) is 30.4 Å².